The van der Waals surface area contributed by atoms with Crippen LogP contribution < -0.4 is 11.1 Å². The molecule has 0 unspecified atom stereocenters. The van der Waals surface area contributed by atoms with Crippen molar-refractivity contribution in [2.45, 2.75) is 6.42 Å². The van der Waals surface area contributed by atoms with Gasteiger partial charge in [-0.3, -0.25) is 0 Å². The molecule has 2 aromatic rings. The molecule has 3 N–H and O–H groups in total. The smallest absolute Gasteiger partial charge is 0.341 e. The molecule has 1 aliphatic heterocycles. The average molecular weight is 281 g/mol. The number of primary amides is 1. The lowest BCUT2D eigenvalue weighted by molar-refractivity contribution is 0.248. The average Bonchev–Trinajstić information content (AvgIpc) is 2.90. The van der Waals surface area contributed by atoms with Crippen molar-refractivity contribution in [2.75, 3.05) is 11.9 Å². The number of hydrogen-bond donors (Lipinski definition) is 2. The van der Waals surface area contributed by atoms with Crippen LogP contribution in [0.15, 0.2) is 18.2 Å². The topological polar surface area (TPSA) is 72.9 Å². The molecule has 0 saturated carbocycles. The van der Waals surface area contributed by atoms with Crippen LogP contribution in [0.3, 0.4) is 0 Å². The third kappa shape index (κ3) is 1.84. The summed E-state index contributed by atoms with van der Waals surface area (Å²) >= 11 is 6.03. The Balaban J connectivity index is 2.21. The van der Waals surface area contributed by atoms with E-state index >= 15 is 0 Å². The van der Waals surface area contributed by atoms with Gasteiger partial charge < -0.3 is 11.1 Å². The number of benzene rings is 1. The summed E-state index contributed by atoms with van der Waals surface area (Å²) in [5, 5.41) is 7.47. The molecule has 3 rings (SSSR count). The van der Waals surface area contributed by atoms with Gasteiger partial charge in [0.15, 0.2) is 0 Å². The number of anilines is 1. The van der Waals surface area contributed by atoms with Crippen LogP contribution in [0, 0.1) is 5.82 Å². The molecule has 0 radical (unpaired) electrons. The number of nitrogens with two attached hydrogens (primary N) is 1. The van der Waals surface area contributed by atoms with Crippen molar-refractivity contribution in [3.05, 3.63) is 34.6 Å². The van der Waals surface area contributed by atoms with Crippen molar-refractivity contribution in [1.29, 1.82) is 0 Å². The molecule has 0 aliphatic carbocycles. The summed E-state index contributed by atoms with van der Waals surface area (Å²) in [5.41, 5.74) is 7.28. The second-order valence-electron chi connectivity index (χ2n) is 4.23. The lowest BCUT2D eigenvalue weighted by atomic mass is 10.1. The molecule has 0 fully saturated rings. The Morgan fingerprint density at radius 1 is 1.53 bits per heavy atom. The summed E-state index contributed by atoms with van der Waals surface area (Å²) in [4.78, 5) is 11.3. The highest BCUT2D eigenvalue weighted by molar-refractivity contribution is 6.33. The SMILES string of the molecule is NC(=O)n1nc(-c2ccc(F)cc2Cl)c2c1NCC2. The van der Waals surface area contributed by atoms with Gasteiger partial charge in [-0.1, -0.05) is 11.6 Å². The molecule has 0 spiro atoms. The normalized spacial score (nSPS) is 13.2. The number of carbonyl (C=O) groups excluding carboxylic acids is 1. The van der Waals surface area contributed by atoms with Crippen LogP contribution in [-0.4, -0.2) is 22.4 Å². The Bertz CT molecular complexity index is 683. The van der Waals surface area contributed by atoms with Crippen LogP contribution in [0.25, 0.3) is 11.3 Å². The van der Waals surface area contributed by atoms with E-state index in [1.54, 1.807) is 6.07 Å². The molecular weight excluding hydrogens is 271 g/mol. The first-order valence-electron chi connectivity index (χ1n) is 5.69. The summed E-state index contributed by atoms with van der Waals surface area (Å²) in [6.45, 7) is 0.701. The number of fused-ring (bicyclic) bond motifs is 1. The summed E-state index contributed by atoms with van der Waals surface area (Å²) in [6.07, 6.45) is 0.714. The Labute approximate surface area is 113 Å². The molecule has 0 bridgehead atoms. The first kappa shape index (κ1) is 12.0. The van der Waals surface area contributed by atoms with Crippen molar-refractivity contribution in [2.24, 2.45) is 5.73 Å². The minimum Gasteiger partial charge on any atom is -0.369 e. The quantitative estimate of drug-likeness (QED) is 0.841. The van der Waals surface area contributed by atoms with Gasteiger partial charge in [0.1, 0.15) is 11.6 Å². The van der Waals surface area contributed by atoms with E-state index in [4.69, 9.17) is 17.3 Å². The van der Waals surface area contributed by atoms with E-state index in [1.165, 1.54) is 12.1 Å². The summed E-state index contributed by atoms with van der Waals surface area (Å²) < 4.78 is 14.2. The highest BCUT2D eigenvalue weighted by atomic mass is 35.5. The van der Waals surface area contributed by atoms with Crippen molar-refractivity contribution in [3.8, 4) is 11.3 Å². The Morgan fingerprint density at radius 2 is 2.32 bits per heavy atom. The minimum absolute atomic E-state index is 0.254. The zero-order valence-corrected chi connectivity index (χ0v) is 10.5. The van der Waals surface area contributed by atoms with Crippen LogP contribution in [0.5, 0.6) is 0 Å². The minimum atomic E-state index is -0.671. The van der Waals surface area contributed by atoms with Crippen LogP contribution in [-0.2, 0) is 6.42 Å². The predicted octanol–water partition coefficient (Wildman–Crippen LogP) is 2.24. The molecule has 0 saturated heterocycles. The fourth-order valence-electron chi connectivity index (χ4n) is 2.23. The number of aromatic nitrogens is 2. The fourth-order valence-corrected chi connectivity index (χ4v) is 2.49. The molecule has 1 aromatic heterocycles. The summed E-state index contributed by atoms with van der Waals surface area (Å²) in [7, 11) is 0. The fraction of sp³-hybridized carbons (Fsp3) is 0.167. The first-order chi connectivity index (χ1) is 9.08. The van der Waals surface area contributed by atoms with Gasteiger partial charge >= 0.3 is 6.03 Å². The summed E-state index contributed by atoms with van der Waals surface area (Å²) in [5.74, 6) is 0.167. The maximum Gasteiger partial charge on any atom is 0.341 e. The number of nitrogens with zero attached hydrogens (tertiary/aromatic N) is 2. The van der Waals surface area contributed by atoms with Gasteiger partial charge in [-0.25, -0.2) is 9.18 Å². The Morgan fingerprint density at radius 3 is 3.00 bits per heavy atom. The molecule has 1 aliphatic rings. The Hall–Kier alpha value is -2.08. The van der Waals surface area contributed by atoms with Crippen LogP contribution in [0.1, 0.15) is 5.56 Å². The van der Waals surface area contributed by atoms with Gasteiger partial charge in [-0.15, -0.1) is 0 Å². The summed E-state index contributed by atoms with van der Waals surface area (Å²) in [6, 6.07) is 3.40. The molecule has 2 heterocycles. The number of hydrogen-bond acceptors (Lipinski definition) is 3. The number of nitrogens with one attached hydrogen (secondary N) is 1. The van der Waals surface area contributed by atoms with Gasteiger partial charge in [0.25, 0.3) is 0 Å². The van der Waals surface area contributed by atoms with Gasteiger partial charge in [0.2, 0.25) is 0 Å². The van der Waals surface area contributed by atoms with Crippen LogP contribution in [0.4, 0.5) is 15.0 Å². The van der Waals surface area contributed by atoms with E-state index in [0.29, 0.717) is 30.0 Å². The lowest BCUT2D eigenvalue weighted by Crippen LogP contribution is -2.22. The number of amides is 1. The van der Waals surface area contributed by atoms with Gasteiger partial charge in [-0.2, -0.15) is 9.78 Å². The van der Waals surface area contributed by atoms with Crippen molar-refractivity contribution in [1.82, 2.24) is 9.78 Å². The molecule has 1 aromatic carbocycles. The van der Waals surface area contributed by atoms with Crippen LogP contribution in [0.2, 0.25) is 5.02 Å². The highest BCUT2D eigenvalue weighted by Gasteiger charge is 2.26. The molecular formula is C12H10ClFN4O. The van der Waals surface area contributed by atoms with Gasteiger partial charge in [0.05, 0.1) is 10.7 Å². The zero-order valence-electron chi connectivity index (χ0n) is 9.78. The molecule has 5 nitrogen and oxygen atoms in total. The number of rotatable bonds is 1. The predicted molar refractivity (Wildman–Crippen MR) is 69.8 cm³/mol. The van der Waals surface area contributed by atoms with Crippen molar-refractivity contribution in [3.63, 3.8) is 0 Å². The van der Waals surface area contributed by atoms with E-state index < -0.39 is 11.8 Å². The maximum atomic E-state index is 13.1. The number of carbonyl (C=O) groups is 1. The molecule has 98 valence electrons. The highest BCUT2D eigenvalue weighted by Crippen LogP contribution is 2.36. The third-order valence-electron chi connectivity index (χ3n) is 3.05. The standard InChI is InChI=1S/C12H10ClFN4O/c13-9-5-6(14)1-2-7(9)10-8-3-4-16-11(8)18(17-10)12(15)19/h1-2,5,16H,3-4H2,(H2,15,19). The Kier molecular flexibility index (Phi) is 2.67. The van der Waals surface area contributed by atoms with E-state index in [-0.39, 0.29) is 5.02 Å². The maximum absolute atomic E-state index is 13.1. The van der Waals surface area contributed by atoms with E-state index in [1.807, 2.05) is 0 Å². The van der Waals surface area contributed by atoms with E-state index in [0.717, 1.165) is 10.2 Å². The first-order valence-corrected chi connectivity index (χ1v) is 6.06. The molecule has 1 amide bonds. The largest absolute Gasteiger partial charge is 0.369 e. The van der Waals surface area contributed by atoms with E-state index in [2.05, 4.69) is 10.4 Å². The molecule has 19 heavy (non-hydrogen) atoms. The van der Waals surface area contributed by atoms with Crippen molar-refractivity contribution < 1.29 is 9.18 Å². The molecule has 0 atom stereocenters. The van der Waals surface area contributed by atoms with Crippen LogP contribution >= 0.6 is 11.6 Å². The lowest BCUT2D eigenvalue weighted by Gasteiger charge is -2.02. The van der Waals surface area contributed by atoms with Gasteiger partial charge in [0, 0.05) is 17.7 Å². The second kappa shape index (κ2) is 4.24. The number of halogens is 2. The second-order valence-corrected chi connectivity index (χ2v) is 4.63. The zero-order chi connectivity index (χ0) is 13.6. The monoisotopic (exact) mass is 280 g/mol. The van der Waals surface area contributed by atoms with Gasteiger partial charge in [-0.05, 0) is 24.6 Å². The molecule has 7 heteroatoms. The van der Waals surface area contributed by atoms with Crippen molar-refractivity contribution >= 4 is 23.4 Å². The van der Waals surface area contributed by atoms with E-state index in [9.17, 15) is 9.18 Å². The third-order valence-corrected chi connectivity index (χ3v) is 3.36.